The molecule has 7 heteroatoms. The smallest absolute Gasteiger partial charge is 0.267 e. The Kier molecular flexibility index (Phi) is 5.27. The maximum atomic E-state index is 11.7. The predicted octanol–water partition coefficient (Wildman–Crippen LogP) is 2.73. The number of amides is 1. The van der Waals surface area contributed by atoms with E-state index in [1.807, 2.05) is 6.07 Å². The molecular formula is C17H19ClN4O2. The molecule has 3 N–H and O–H groups in total. The summed E-state index contributed by atoms with van der Waals surface area (Å²) < 4.78 is 5.37. The Morgan fingerprint density at radius 1 is 1.33 bits per heavy atom. The SMILES string of the molecule is NC(=O)c1ncc(NCC2CCOCC2)cc1-c1ccncc1Cl. The number of rotatable bonds is 5. The topological polar surface area (TPSA) is 90.1 Å². The van der Waals surface area contributed by atoms with Crippen LogP contribution >= 0.6 is 11.6 Å². The summed E-state index contributed by atoms with van der Waals surface area (Å²) in [7, 11) is 0. The Bertz CT molecular complexity index is 732. The van der Waals surface area contributed by atoms with Gasteiger partial charge in [0.05, 0.1) is 16.9 Å². The fraction of sp³-hybridized carbons (Fsp3) is 0.353. The van der Waals surface area contributed by atoms with Gasteiger partial charge in [-0.1, -0.05) is 11.6 Å². The number of nitrogens with one attached hydrogen (secondary N) is 1. The molecule has 24 heavy (non-hydrogen) atoms. The second-order valence-corrected chi connectivity index (χ2v) is 6.18. The van der Waals surface area contributed by atoms with Gasteiger partial charge in [0.15, 0.2) is 0 Å². The summed E-state index contributed by atoms with van der Waals surface area (Å²) >= 11 is 6.21. The molecule has 1 amide bonds. The van der Waals surface area contributed by atoms with Gasteiger partial charge in [-0.25, -0.2) is 4.98 Å². The van der Waals surface area contributed by atoms with Gasteiger partial charge in [-0.05, 0) is 30.9 Å². The number of hydrogen-bond donors (Lipinski definition) is 2. The van der Waals surface area contributed by atoms with Crippen molar-refractivity contribution in [2.24, 2.45) is 11.7 Å². The first kappa shape index (κ1) is 16.7. The van der Waals surface area contributed by atoms with Crippen molar-refractivity contribution in [3.8, 4) is 11.1 Å². The molecule has 1 aliphatic heterocycles. The van der Waals surface area contributed by atoms with Crippen LogP contribution in [0.2, 0.25) is 5.02 Å². The van der Waals surface area contributed by atoms with Gasteiger partial charge in [-0.3, -0.25) is 9.78 Å². The Morgan fingerprint density at radius 2 is 2.12 bits per heavy atom. The van der Waals surface area contributed by atoms with Crippen molar-refractivity contribution in [2.75, 3.05) is 25.1 Å². The number of hydrogen-bond acceptors (Lipinski definition) is 5. The highest BCUT2D eigenvalue weighted by Gasteiger charge is 2.17. The predicted molar refractivity (Wildman–Crippen MR) is 93.0 cm³/mol. The molecule has 1 saturated heterocycles. The monoisotopic (exact) mass is 346 g/mol. The van der Waals surface area contributed by atoms with Gasteiger partial charge in [0.25, 0.3) is 5.91 Å². The van der Waals surface area contributed by atoms with E-state index in [0.717, 1.165) is 38.3 Å². The third kappa shape index (κ3) is 3.83. The second kappa shape index (κ2) is 7.59. The fourth-order valence-corrected chi connectivity index (χ4v) is 2.99. The molecular weight excluding hydrogens is 328 g/mol. The Hall–Kier alpha value is -2.18. The van der Waals surface area contributed by atoms with Gasteiger partial charge in [0.1, 0.15) is 5.69 Å². The van der Waals surface area contributed by atoms with E-state index >= 15 is 0 Å². The molecule has 2 aromatic heterocycles. The molecule has 0 bridgehead atoms. The summed E-state index contributed by atoms with van der Waals surface area (Å²) in [5.74, 6) is -0.0172. The molecule has 0 saturated carbocycles. The van der Waals surface area contributed by atoms with Crippen molar-refractivity contribution < 1.29 is 9.53 Å². The molecule has 0 spiro atoms. The number of anilines is 1. The maximum absolute atomic E-state index is 11.7. The van der Waals surface area contributed by atoms with Crippen LogP contribution in [0.5, 0.6) is 0 Å². The van der Waals surface area contributed by atoms with E-state index < -0.39 is 5.91 Å². The quantitative estimate of drug-likeness (QED) is 0.868. The lowest BCUT2D eigenvalue weighted by molar-refractivity contribution is 0.0699. The largest absolute Gasteiger partial charge is 0.384 e. The van der Waals surface area contributed by atoms with E-state index in [1.54, 1.807) is 18.5 Å². The molecule has 0 aromatic carbocycles. The highest BCUT2D eigenvalue weighted by atomic mass is 35.5. The van der Waals surface area contributed by atoms with Crippen molar-refractivity contribution >= 4 is 23.2 Å². The van der Waals surface area contributed by atoms with Crippen LogP contribution in [-0.2, 0) is 4.74 Å². The first-order valence-corrected chi connectivity index (χ1v) is 8.24. The zero-order valence-corrected chi connectivity index (χ0v) is 13.9. The molecule has 1 fully saturated rings. The molecule has 1 aliphatic rings. The van der Waals surface area contributed by atoms with Crippen LogP contribution in [0.4, 0.5) is 5.69 Å². The third-order valence-electron chi connectivity index (χ3n) is 4.12. The van der Waals surface area contributed by atoms with E-state index in [0.29, 0.717) is 22.1 Å². The number of carbonyl (C=O) groups is 1. The van der Waals surface area contributed by atoms with Crippen LogP contribution in [0.25, 0.3) is 11.1 Å². The van der Waals surface area contributed by atoms with Gasteiger partial charge in [-0.2, -0.15) is 0 Å². The van der Waals surface area contributed by atoms with Crippen LogP contribution in [0.15, 0.2) is 30.7 Å². The van der Waals surface area contributed by atoms with Crippen LogP contribution < -0.4 is 11.1 Å². The Morgan fingerprint density at radius 3 is 2.83 bits per heavy atom. The van der Waals surface area contributed by atoms with E-state index in [-0.39, 0.29) is 5.69 Å². The van der Waals surface area contributed by atoms with E-state index in [1.165, 1.54) is 6.20 Å². The normalized spacial score (nSPS) is 15.2. The maximum Gasteiger partial charge on any atom is 0.267 e. The lowest BCUT2D eigenvalue weighted by Crippen LogP contribution is -2.23. The van der Waals surface area contributed by atoms with Crippen LogP contribution in [-0.4, -0.2) is 35.6 Å². The number of carbonyl (C=O) groups excluding carboxylic acids is 1. The highest BCUT2D eigenvalue weighted by molar-refractivity contribution is 6.33. The molecule has 0 unspecified atom stereocenters. The van der Waals surface area contributed by atoms with Gasteiger partial charge >= 0.3 is 0 Å². The summed E-state index contributed by atoms with van der Waals surface area (Å²) in [6, 6.07) is 3.60. The van der Waals surface area contributed by atoms with E-state index in [2.05, 4.69) is 15.3 Å². The van der Waals surface area contributed by atoms with Gasteiger partial charge in [0, 0.05) is 43.3 Å². The number of pyridine rings is 2. The minimum absolute atomic E-state index is 0.194. The molecule has 3 rings (SSSR count). The molecule has 3 heterocycles. The second-order valence-electron chi connectivity index (χ2n) is 5.78. The van der Waals surface area contributed by atoms with Crippen LogP contribution in [0.1, 0.15) is 23.3 Å². The van der Waals surface area contributed by atoms with E-state index in [9.17, 15) is 4.79 Å². The number of nitrogens with zero attached hydrogens (tertiary/aromatic N) is 2. The average molecular weight is 347 g/mol. The standard InChI is InChI=1S/C17H19ClN4O2/c18-15-10-20-4-1-13(15)14-7-12(9-22-16(14)17(19)23)21-8-11-2-5-24-6-3-11/h1,4,7,9-11,21H,2-3,5-6,8H2,(H2,19,23). The van der Waals surface area contributed by atoms with Crippen molar-refractivity contribution in [2.45, 2.75) is 12.8 Å². The van der Waals surface area contributed by atoms with Gasteiger partial charge in [0.2, 0.25) is 0 Å². The lowest BCUT2D eigenvalue weighted by Gasteiger charge is -2.22. The van der Waals surface area contributed by atoms with Crippen molar-refractivity contribution in [3.63, 3.8) is 0 Å². The molecule has 0 atom stereocenters. The summed E-state index contributed by atoms with van der Waals surface area (Å²) in [6.07, 6.45) is 6.86. The zero-order valence-electron chi connectivity index (χ0n) is 13.2. The molecule has 0 aliphatic carbocycles. The Balaban J connectivity index is 1.85. The number of halogens is 1. The Labute approximate surface area is 145 Å². The van der Waals surface area contributed by atoms with Crippen molar-refractivity contribution in [1.82, 2.24) is 9.97 Å². The fourth-order valence-electron chi connectivity index (χ4n) is 2.77. The number of ether oxygens (including phenoxy) is 1. The number of primary amides is 1. The summed E-state index contributed by atoms with van der Waals surface area (Å²) in [6.45, 7) is 2.46. The van der Waals surface area contributed by atoms with Gasteiger partial charge in [-0.15, -0.1) is 0 Å². The first-order chi connectivity index (χ1) is 11.6. The van der Waals surface area contributed by atoms with Gasteiger partial charge < -0.3 is 15.8 Å². The van der Waals surface area contributed by atoms with Crippen LogP contribution in [0, 0.1) is 5.92 Å². The molecule has 126 valence electrons. The van der Waals surface area contributed by atoms with Crippen molar-refractivity contribution in [3.05, 3.63) is 41.4 Å². The third-order valence-corrected chi connectivity index (χ3v) is 4.42. The highest BCUT2D eigenvalue weighted by Crippen LogP contribution is 2.30. The summed E-state index contributed by atoms with van der Waals surface area (Å²) in [4.78, 5) is 19.9. The summed E-state index contributed by atoms with van der Waals surface area (Å²) in [5, 5.41) is 3.83. The molecule has 2 aromatic rings. The zero-order chi connectivity index (χ0) is 16.9. The number of aromatic nitrogens is 2. The van der Waals surface area contributed by atoms with E-state index in [4.69, 9.17) is 22.1 Å². The van der Waals surface area contributed by atoms with Crippen LogP contribution in [0.3, 0.4) is 0 Å². The van der Waals surface area contributed by atoms with Crippen molar-refractivity contribution in [1.29, 1.82) is 0 Å². The lowest BCUT2D eigenvalue weighted by atomic mass is 10.00. The first-order valence-electron chi connectivity index (χ1n) is 7.86. The summed E-state index contributed by atoms with van der Waals surface area (Å²) in [5.41, 5.74) is 7.76. The minimum Gasteiger partial charge on any atom is -0.384 e. The minimum atomic E-state index is -0.589. The molecule has 6 nitrogen and oxygen atoms in total. The average Bonchev–Trinajstić information content (AvgIpc) is 2.61. The molecule has 0 radical (unpaired) electrons. The number of nitrogens with two attached hydrogens (primary N) is 1.